The second-order valence-corrected chi connectivity index (χ2v) is 3.95. The smallest absolute Gasteiger partial charge is 0.223 e. The van der Waals surface area contributed by atoms with Gasteiger partial charge in [0.05, 0.1) is 6.54 Å². The Morgan fingerprint density at radius 2 is 2.44 bits per heavy atom. The molecule has 0 aliphatic carbocycles. The van der Waals surface area contributed by atoms with Crippen LogP contribution in [0.25, 0.3) is 10.4 Å². The minimum Gasteiger partial charge on any atom is -0.312 e. The van der Waals surface area contributed by atoms with Crippen LogP contribution in [0.3, 0.4) is 0 Å². The van der Waals surface area contributed by atoms with Gasteiger partial charge in [0.2, 0.25) is 5.91 Å². The maximum Gasteiger partial charge on any atom is 0.223 e. The zero-order chi connectivity index (χ0) is 13.0. The van der Waals surface area contributed by atoms with Gasteiger partial charge in [-0.15, -0.1) is 0 Å². The third kappa shape index (κ3) is 2.45. The van der Waals surface area contributed by atoms with E-state index in [4.69, 9.17) is 5.53 Å². The van der Waals surface area contributed by atoms with Crippen molar-refractivity contribution < 1.29 is 4.79 Å². The van der Waals surface area contributed by atoms with Gasteiger partial charge in [0.15, 0.2) is 0 Å². The van der Waals surface area contributed by atoms with E-state index in [1.807, 2.05) is 18.2 Å². The summed E-state index contributed by atoms with van der Waals surface area (Å²) in [5.41, 5.74) is 11.1. The van der Waals surface area contributed by atoms with E-state index in [1.54, 1.807) is 11.8 Å². The van der Waals surface area contributed by atoms with Crippen molar-refractivity contribution in [1.29, 1.82) is 0 Å². The Morgan fingerprint density at radius 3 is 3.17 bits per heavy atom. The van der Waals surface area contributed by atoms with Crippen LogP contribution in [0, 0.1) is 11.8 Å². The van der Waals surface area contributed by atoms with Crippen molar-refractivity contribution in [3.63, 3.8) is 0 Å². The summed E-state index contributed by atoms with van der Waals surface area (Å²) in [5, 5.41) is 3.35. The molecule has 1 aromatic rings. The Bertz CT molecular complexity index is 591. The summed E-state index contributed by atoms with van der Waals surface area (Å²) in [6.45, 7) is 2.48. The lowest BCUT2D eigenvalue weighted by molar-refractivity contribution is -0.116. The number of anilines is 1. The Balaban J connectivity index is 2.21. The zero-order valence-corrected chi connectivity index (χ0v) is 10.1. The predicted octanol–water partition coefficient (Wildman–Crippen LogP) is 2.26. The highest BCUT2D eigenvalue weighted by molar-refractivity contribution is 5.93. The molecule has 18 heavy (non-hydrogen) atoms. The molecule has 0 fully saturated rings. The second kappa shape index (κ2) is 5.26. The van der Waals surface area contributed by atoms with E-state index in [1.165, 1.54) is 0 Å². The highest BCUT2D eigenvalue weighted by atomic mass is 16.2. The van der Waals surface area contributed by atoms with Crippen molar-refractivity contribution in [2.24, 2.45) is 5.11 Å². The van der Waals surface area contributed by atoms with Gasteiger partial charge in [0.25, 0.3) is 0 Å². The van der Waals surface area contributed by atoms with Gasteiger partial charge in [0, 0.05) is 29.6 Å². The van der Waals surface area contributed by atoms with Gasteiger partial charge in [-0.3, -0.25) is 4.79 Å². The number of nitrogens with zero attached hydrogens (tertiary/aromatic N) is 4. The first kappa shape index (κ1) is 12.0. The summed E-state index contributed by atoms with van der Waals surface area (Å²) < 4.78 is 0. The normalized spacial score (nSPS) is 12.2. The molecule has 90 valence electrons. The van der Waals surface area contributed by atoms with E-state index in [0.29, 0.717) is 0 Å². The Labute approximate surface area is 105 Å². The molecular formula is C13H12N4O. The minimum absolute atomic E-state index is 0.0657. The number of carbonyl (C=O) groups excluding carboxylic acids is 1. The molecule has 5 heteroatoms. The molecule has 0 saturated heterocycles. The predicted molar refractivity (Wildman–Crippen MR) is 69.1 cm³/mol. The van der Waals surface area contributed by atoms with E-state index < -0.39 is 0 Å². The van der Waals surface area contributed by atoms with Gasteiger partial charge >= 0.3 is 0 Å². The van der Waals surface area contributed by atoms with Crippen molar-refractivity contribution in [3.05, 3.63) is 39.8 Å². The number of benzene rings is 1. The van der Waals surface area contributed by atoms with Crippen LogP contribution in [0.15, 0.2) is 23.3 Å². The fourth-order valence-corrected chi connectivity index (χ4v) is 2.02. The third-order valence-corrected chi connectivity index (χ3v) is 2.80. The van der Waals surface area contributed by atoms with Gasteiger partial charge in [-0.1, -0.05) is 17.0 Å². The summed E-state index contributed by atoms with van der Waals surface area (Å²) >= 11 is 0. The summed E-state index contributed by atoms with van der Waals surface area (Å²) in [6, 6.07) is 5.78. The minimum atomic E-state index is 0.0657. The standard InChI is InChI=1S/C13H12N4O/c1-10(18)17-8-6-12-9-11(4-5-13(12)17)3-2-7-15-16-14/h4-5,9H,6-8H2,1H3. The molecule has 0 atom stereocenters. The van der Waals surface area contributed by atoms with Gasteiger partial charge in [0.1, 0.15) is 0 Å². The molecule has 0 N–H and O–H groups in total. The number of azide groups is 1. The zero-order valence-electron chi connectivity index (χ0n) is 10.1. The van der Waals surface area contributed by atoms with E-state index in [-0.39, 0.29) is 12.5 Å². The molecule has 1 aliphatic heterocycles. The second-order valence-electron chi connectivity index (χ2n) is 3.95. The lowest BCUT2D eigenvalue weighted by atomic mass is 10.1. The molecule has 1 amide bonds. The van der Waals surface area contributed by atoms with Gasteiger partial charge in [-0.05, 0) is 35.7 Å². The lowest BCUT2D eigenvalue weighted by Gasteiger charge is -2.14. The van der Waals surface area contributed by atoms with E-state index >= 15 is 0 Å². The number of fused-ring (bicyclic) bond motifs is 1. The van der Waals surface area contributed by atoms with Crippen molar-refractivity contribution in [1.82, 2.24) is 0 Å². The number of hydrogen-bond donors (Lipinski definition) is 0. The average molecular weight is 240 g/mol. The Morgan fingerprint density at radius 1 is 1.61 bits per heavy atom. The number of carbonyl (C=O) groups is 1. The molecule has 0 bridgehead atoms. The highest BCUT2D eigenvalue weighted by Gasteiger charge is 2.21. The van der Waals surface area contributed by atoms with Crippen LogP contribution < -0.4 is 4.90 Å². The Hall–Kier alpha value is -2.44. The quantitative estimate of drug-likeness (QED) is 0.321. The molecule has 2 rings (SSSR count). The monoisotopic (exact) mass is 240 g/mol. The summed E-state index contributed by atoms with van der Waals surface area (Å²) in [6.07, 6.45) is 0.862. The molecule has 1 aromatic carbocycles. The van der Waals surface area contributed by atoms with Crippen molar-refractivity contribution >= 4 is 11.6 Å². The van der Waals surface area contributed by atoms with Gasteiger partial charge in [-0.2, -0.15) is 0 Å². The highest BCUT2D eigenvalue weighted by Crippen LogP contribution is 2.28. The SMILES string of the molecule is CC(=O)N1CCc2cc(C#CCN=[N+]=[N-])ccc21. The maximum absolute atomic E-state index is 11.4. The first-order valence-corrected chi connectivity index (χ1v) is 5.63. The van der Waals surface area contributed by atoms with E-state index in [0.717, 1.165) is 29.8 Å². The van der Waals surface area contributed by atoms with Crippen LogP contribution in [0.2, 0.25) is 0 Å². The summed E-state index contributed by atoms with van der Waals surface area (Å²) in [7, 11) is 0. The van der Waals surface area contributed by atoms with Crippen LogP contribution in [0.4, 0.5) is 5.69 Å². The first-order chi connectivity index (χ1) is 8.72. The first-order valence-electron chi connectivity index (χ1n) is 5.63. The fourth-order valence-electron chi connectivity index (χ4n) is 2.02. The lowest BCUT2D eigenvalue weighted by Crippen LogP contribution is -2.25. The Kier molecular flexibility index (Phi) is 3.52. The topological polar surface area (TPSA) is 69.1 Å². The van der Waals surface area contributed by atoms with Crippen LogP contribution in [0.1, 0.15) is 18.1 Å². The van der Waals surface area contributed by atoms with Crippen molar-refractivity contribution in [2.45, 2.75) is 13.3 Å². The molecule has 0 unspecified atom stereocenters. The number of rotatable bonds is 1. The van der Waals surface area contributed by atoms with Crippen molar-refractivity contribution in [2.75, 3.05) is 18.0 Å². The average Bonchev–Trinajstić information content (AvgIpc) is 2.77. The van der Waals surface area contributed by atoms with Crippen LogP contribution in [-0.4, -0.2) is 19.0 Å². The fraction of sp³-hybridized carbons (Fsp3) is 0.308. The van der Waals surface area contributed by atoms with E-state index in [2.05, 4.69) is 21.9 Å². The molecule has 0 aromatic heterocycles. The third-order valence-electron chi connectivity index (χ3n) is 2.80. The molecule has 1 aliphatic rings. The molecule has 0 saturated carbocycles. The van der Waals surface area contributed by atoms with Crippen molar-refractivity contribution in [3.8, 4) is 11.8 Å². The van der Waals surface area contributed by atoms with E-state index in [9.17, 15) is 4.79 Å². The van der Waals surface area contributed by atoms with Crippen LogP contribution in [0.5, 0.6) is 0 Å². The summed E-state index contributed by atoms with van der Waals surface area (Å²) in [4.78, 5) is 15.8. The van der Waals surface area contributed by atoms with Gasteiger partial charge in [-0.25, -0.2) is 0 Å². The molecule has 1 heterocycles. The molecule has 0 radical (unpaired) electrons. The van der Waals surface area contributed by atoms with Crippen LogP contribution >= 0.6 is 0 Å². The van der Waals surface area contributed by atoms with Crippen LogP contribution in [-0.2, 0) is 11.2 Å². The molecule has 5 nitrogen and oxygen atoms in total. The molecule has 0 spiro atoms. The number of hydrogen-bond acceptors (Lipinski definition) is 2. The molecular weight excluding hydrogens is 228 g/mol. The maximum atomic E-state index is 11.4. The number of amides is 1. The summed E-state index contributed by atoms with van der Waals surface area (Å²) in [5.74, 6) is 5.78. The largest absolute Gasteiger partial charge is 0.312 e. The van der Waals surface area contributed by atoms with Gasteiger partial charge < -0.3 is 4.90 Å².